The molecule has 3 nitrogen and oxygen atoms in total. The second-order valence-corrected chi connectivity index (χ2v) is 4.15. The Hall–Kier alpha value is -1.35. The van der Waals surface area contributed by atoms with E-state index >= 15 is 0 Å². The maximum absolute atomic E-state index is 5.83. The minimum Gasteiger partial charge on any atom is -0.371 e. The molecule has 0 spiro atoms. The summed E-state index contributed by atoms with van der Waals surface area (Å²) in [6.45, 7) is 4.61. The van der Waals surface area contributed by atoms with E-state index in [2.05, 4.69) is 22.4 Å². The van der Waals surface area contributed by atoms with Crippen LogP contribution in [0.1, 0.15) is 31.4 Å². The number of hydrogen-bond acceptors (Lipinski definition) is 3. The van der Waals surface area contributed by atoms with Crippen molar-refractivity contribution in [2.75, 3.05) is 19.7 Å². The Labute approximate surface area is 103 Å². The molecule has 92 valence electrons. The fraction of sp³-hybridized carbons (Fsp3) is 0.500. The van der Waals surface area contributed by atoms with E-state index in [9.17, 15) is 0 Å². The fourth-order valence-electron chi connectivity index (χ4n) is 2.01. The third-order valence-corrected chi connectivity index (χ3v) is 2.86. The molecule has 1 aliphatic heterocycles. The van der Waals surface area contributed by atoms with Crippen molar-refractivity contribution < 1.29 is 4.74 Å². The number of nitrogens with one attached hydrogen (secondary N) is 1. The average molecular weight is 232 g/mol. The van der Waals surface area contributed by atoms with Gasteiger partial charge in [0.2, 0.25) is 0 Å². The highest BCUT2D eigenvalue weighted by molar-refractivity contribution is 5.87. The molecule has 0 bridgehead atoms. The smallest absolute Gasteiger partial charge is 0.139 e. The first-order valence-electron chi connectivity index (χ1n) is 6.36. The van der Waals surface area contributed by atoms with Gasteiger partial charge in [-0.1, -0.05) is 30.3 Å². The van der Waals surface area contributed by atoms with Crippen LogP contribution in [0, 0.1) is 0 Å². The molecule has 1 atom stereocenters. The van der Waals surface area contributed by atoms with Crippen LogP contribution >= 0.6 is 0 Å². The van der Waals surface area contributed by atoms with Gasteiger partial charge < -0.3 is 10.1 Å². The molecule has 0 unspecified atom stereocenters. The summed E-state index contributed by atoms with van der Waals surface area (Å²) >= 11 is 0. The van der Waals surface area contributed by atoms with E-state index in [1.807, 2.05) is 25.1 Å². The molecular weight excluding hydrogens is 212 g/mol. The zero-order valence-corrected chi connectivity index (χ0v) is 10.4. The predicted octanol–water partition coefficient (Wildman–Crippen LogP) is 2.55. The zero-order chi connectivity index (χ0) is 11.9. The Morgan fingerprint density at radius 2 is 2.12 bits per heavy atom. The normalized spacial score (nSPS) is 17.8. The highest BCUT2D eigenvalue weighted by Crippen LogP contribution is 2.19. The van der Waals surface area contributed by atoms with Gasteiger partial charge in [-0.2, -0.15) is 0 Å². The van der Waals surface area contributed by atoms with Gasteiger partial charge in [0.15, 0.2) is 0 Å². The molecular formula is C14H20N2O. The van der Waals surface area contributed by atoms with Gasteiger partial charge >= 0.3 is 0 Å². The molecule has 1 aromatic rings. The van der Waals surface area contributed by atoms with Crippen molar-refractivity contribution in [3.63, 3.8) is 0 Å². The monoisotopic (exact) mass is 232 g/mol. The predicted molar refractivity (Wildman–Crippen MR) is 70.3 cm³/mol. The van der Waals surface area contributed by atoms with Crippen LogP contribution in [0.4, 0.5) is 0 Å². The van der Waals surface area contributed by atoms with Crippen LogP contribution in [-0.4, -0.2) is 25.5 Å². The molecule has 0 saturated carbocycles. The van der Waals surface area contributed by atoms with Crippen molar-refractivity contribution in [2.45, 2.75) is 25.9 Å². The van der Waals surface area contributed by atoms with Crippen LogP contribution in [0.3, 0.4) is 0 Å². The Kier molecular flexibility index (Phi) is 4.56. The molecule has 2 rings (SSSR count). The van der Waals surface area contributed by atoms with Crippen LogP contribution in [0.25, 0.3) is 0 Å². The van der Waals surface area contributed by atoms with Crippen LogP contribution in [-0.2, 0) is 4.74 Å². The van der Waals surface area contributed by atoms with E-state index in [0.29, 0.717) is 6.61 Å². The molecule has 1 aliphatic rings. The number of aliphatic imine (C=N–C) groups is 1. The van der Waals surface area contributed by atoms with E-state index < -0.39 is 0 Å². The highest BCUT2D eigenvalue weighted by Gasteiger charge is 2.19. The zero-order valence-electron chi connectivity index (χ0n) is 10.4. The first kappa shape index (κ1) is 12.1. The van der Waals surface area contributed by atoms with Crippen molar-refractivity contribution in [1.29, 1.82) is 0 Å². The topological polar surface area (TPSA) is 33.6 Å². The average Bonchev–Trinajstić information content (AvgIpc) is 2.66. The molecule has 17 heavy (non-hydrogen) atoms. The van der Waals surface area contributed by atoms with E-state index in [1.165, 1.54) is 12.0 Å². The largest absolute Gasteiger partial charge is 0.371 e. The van der Waals surface area contributed by atoms with E-state index in [-0.39, 0.29) is 6.10 Å². The molecule has 0 fully saturated rings. The molecule has 0 saturated heterocycles. The molecule has 0 aromatic heterocycles. The lowest BCUT2D eigenvalue weighted by Crippen LogP contribution is -2.31. The molecule has 1 aromatic carbocycles. The van der Waals surface area contributed by atoms with Crippen molar-refractivity contribution in [1.82, 2.24) is 5.32 Å². The van der Waals surface area contributed by atoms with Gasteiger partial charge in [0.25, 0.3) is 0 Å². The third-order valence-electron chi connectivity index (χ3n) is 2.86. The van der Waals surface area contributed by atoms with Gasteiger partial charge in [0.1, 0.15) is 11.9 Å². The minimum absolute atomic E-state index is 0.0423. The molecule has 0 aliphatic carbocycles. The Morgan fingerprint density at radius 1 is 1.29 bits per heavy atom. The number of nitrogens with zero attached hydrogens (tertiary/aromatic N) is 1. The van der Waals surface area contributed by atoms with Gasteiger partial charge in [-0.15, -0.1) is 0 Å². The SMILES string of the molecule is CCO[C@H](C1=NCCCCN1)c1ccccc1. The first-order chi connectivity index (χ1) is 8.42. The maximum atomic E-state index is 5.83. The number of benzene rings is 1. The summed E-state index contributed by atoms with van der Waals surface area (Å²) < 4.78 is 5.83. The van der Waals surface area contributed by atoms with Gasteiger partial charge in [-0.3, -0.25) is 4.99 Å². The lowest BCUT2D eigenvalue weighted by molar-refractivity contribution is 0.108. The fourth-order valence-corrected chi connectivity index (χ4v) is 2.01. The van der Waals surface area contributed by atoms with Crippen LogP contribution in [0.15, 0.2) is 35.3 Å². The summed E-state index contributed by atoms with van der Waals surface area (Å²) in [4.78, 5) is 4.60. The Balaban J connectivity index is 2.19. The summed E-state index contributed by atoms with van der Waals surface area (Å²) in [5.41, 5.74) is 1.17. The van der Waals surface area contributed by atoms with E-state index in [0.717, 1.165) is 25.3 Å². The lowest BCUT2D eigenvalue weighted by atomic mass is 10.1. The molecule has 0 amide bonds. The van der Waals surface area contributed by atoms with E-state index in [1.54, 1.807) is 0 Å². The van der Waals surface area contributed by atoms with Crippen molar-refractivity contribution in [2.24, 2.45) is 4.99 Å². The highest BCUT2D eigenvalue weighted by atomic mass is 16.5. The van der Waals surface area contributed by atoms with Gasteiger partial charge in [-0.25, -0.2) is 0 Å². The van der Waals surface area contributed by atoms with Gasteiger partial charge in [0, 0.05) is 19.7 Å². The van der Waals surface area contributed by atoms with Gasteiger partial charge in [-0.05, 0) is 25.3 Å². The van der Waals surface area contributed by atoms with E-state index in [4.69, 9.17) is 4.74 Å². The maximum Gasteiger partial charge on any atom is 0.139 e. The standard InChI is InChI=1S/C14H20N2O/c1-2-17-13(12-8-4-3-5-9-12)14-15-10-6-7-11-16-14/h3-5,8-9,13H,2,6-7,10-11H2,1H3,(H,15,16)/t13-/m0/s1. The summed E-state index contributed by atoms with van der Waals surface area (Å²) in [5, 5.41) is 3.39. The number of hydrogen-bond donors (Lipinski definition) is 1. The van der Waals surface area contributed by atoms with Crippen LogP contribution in [0.2, 0.25) is 0 Å². The third kappa shape index (κ3) is 3.30. The second kappa shape index (κ2) is 6.40. The Bertz CT molecular complexity index is 362. The quantitative estimate of drug-likeness (QED) is 0.865. The summed E-state index contributed by atoms with van der Waals surface area (Å²) in [7, 11) is 0. The number of ether oxygens (including phenoxy) is 1. The van der Waals surface area contributed by atoms with Crippen molar-refractivity contribution in [3.05, 3.63) is 35.9 Å². The molecule has 0 radical (unpaired) electrons. The van der Waals surface area contributed by atoms with Crippen LogP contribution in [0.5, 0.6) is 0 Å². The second-order valence-electron chi connectivity index (χ2n) is 4.15. The Morgan fingerprint density at radius 3 is 2.88 bits per heavy atom. The van der Waals surface area contributed by atoms with Crippen LogP contribution < -0.4 is 5.32 Å². The minimum atomic E-state index is -0.0423. The summed E-state index contributed by atoms with van der Waals surface area (Å²) in [5.74, 6) is 0.982. The first-order valence-corrected chi connectivity index (χ1v) is 6.36. The number of amidine groups is 1. The van der Waals surface area contributed by atoms with Crippen molar-refractivity contribution in [3.8, 4) is 0 Å². The molecule has 1 N–H and O–H groups in total. The number of rotatable bonds is 4. The summed E-state index contributed by atoms with van der Waals surface area (Å²) in [6.07, 6.45) is 2.30. The summed E-state index contributed by atoms with van der Waals surface area (Å²) in [6, 6.07) is 10.3. The molecule has 3 heteroatoms. The molecule has 1 heterocycles. The van der Waals surface area contributed by atoms with Gasteiger partial charge in [0.05, 0.1) is 0 Å². The van der Waals surface area contributed by atoms with Crippen molar-refractivity contribution >= 4 is 5.84 Å². The lowest BCUT2D eigenvalue weighted by Gasteiger charge is -2.20.